The van der Waals surface area contributed by atoms with Crippen LogP contribution in [-0.2, 0) is 23.1 Å². The molecular formula is C18H20F4N2O2S. The molecule has 0 saturated carbocycles. The smallest absolute Gasteiger partial charge is 0.267 e. The molecule has 2 aromatic rings. The number of aliphatic hydroxyl groups excluding tert-OH is 1. The third-order valence-corrected chi connectivity index (χ3v) is 5.54. The number of nitrogens with zero attached hydrogens (tertiary/aromatic N) is 1. The lowest BCUT2D eigenvalue weighted by atomic mass is 9.87. The highest BCUT2D eigenvalue weighted by molar-refractivity contribution is 7.84. The fourth-order valence-electron chi connectivity index (χ4n) is 2.33. The molecule has 0 aliphatic carbocycles. The van der Waals surface area contributed by atoms with Crippen molar-refractivity contribution in [1.82, 2.24) is 9.71 Å². The van der Waals surface area contributed by atoms with E-state index in [1.807, 2.05) is 0 Å². The van der Waals surface area contributed by atoms with Crippen LogP contribution in [0.15, 0.2) is 36.5 Å². The van der Waals surface area contributed by atoms with Crippen LogP contribution in [-0.4, -0.2) is 25.5 Å². The zero-order valence-corrected chi connectivity index (χ0v) is 15.8. The van der Waals surface area contributed by atoms with E-state index in [9.17, 15) is 21.8 Å². The average Bonchev–Trinajstić information content (AvgIpc) is 2.61. The number of nitrogens with one attached hydrogen (secondary N) is 1. The van der Waals surface area contributed by atoms with Gasteiger partial charge in [-0.15, -0.1) is 0 Å². The number of aromatic nitrogens is 1. The van der Waals surface area contributed by atoms with Crippen LogP contribution in [0, 0.1) is 11.6 Å². The lowest BCUT2D eigenvalue weighted by Gasteiger charge is -2.36. The summed E-state index contributed by atoms with van der Waals surface area (Å²) >= 11 is 0. The largest absolute Gasteiger partial charge is 0.392 e. The number of halogens is 4. The molecule has 1 aromatic heterocycles. The molecule has 0 saturated heterocycles. The lowest BCUT2D eigenvalue weighted by molar-refractivity contribution is 0.0627. The van der Waals surface area contributed by atoms with Gasteiger partial charge in [-0.05, 0) is 50.1 Å². The highest BCUT2D eigenvalue weighted by Gasteiger charge is 2.48. The van der Waals surface area contributed by atoms with E-state index in [4.69, 9.17) is 5.11 Å². The molecule has 0 radical (unpaired) electrons. The first-order valence-corrected chi connectivity index (χ1v) is 9.17. The Morgan fingerprint density at radius 2 is 1.81 bits per heavy atom. The van der Waals surface area contributed by atoms with Gasteiger partial charge in [-0.25, -0.2) is 26.5 Å². The Morgan fingerprint density at radius 1 is 1.15 bits per heavy atom. The zero-order chi connectivity index (χ0) is 20.4. The molecule has 0 aliphatic heterocycles. The minimum absolute atomic E-state index is 0.238. The molecule has 2 rings (SSSR count). The quantitative estimate of drug-likeness (QED) is 0.726. The van der Waals surface area contributed by atoms with Gasteiger partial charge in [0.2, 0.25) is 0 Å². The Morgan fingerprint density at radius 3 is 2.26 bits per heavy atom. The molecule has 1 heterocycles. The van der Waals surface area contributed by atoms with Crippen LogP contribution < -0.4 is 4.72 Å². The molecule has 0 spiro atoms. The number of hydrogen-bond donors (Lipinski definition) is 2. The molecule has 2 atom stereocenters. The summed E-state index contributed by atoms with van der Waals surface area (Å²) in [5.74, 6) is -2.50. The molecule has 4 nitrogen and oxygen atoms in total. The van der Waals surface area contributed by atoms with Gasteiger partial charge in [-0.1, -0.05) is 12.1 Å². The molecule has 2 N–H and O–H groups in total. The van der Waals surface area contributed by atoms with Crippen molar-refractivity contribution in [2.75, 3.05) is 0 Å². The third-order valence-electron chi connectivity index (χ3n) is 3.92. The Hall–Kier alpha value is -1.84. The third kappa shape index (κ3) is 4.36. The van der Waals surface area contributed by atoms with Crippen molar-refractivity contribution in [3.05, 3.63) is 65.0 Å². The van der Waals surface area contributed by atoms with Crippen LogP contribution in [0.1, 0.15) is 37.6 Å². The van der Waals surface area contributed by atoms with E-state index < -0.39 is 39.3 Å². The summed E-state index contributed by atoms with van der Waals surface area (Å²) in [6.45, 7) is 4.40. The Kier molecular flexibility index (Phi) is 6.39. The van der Waals surface area contributed by atoms with Crippen LogP contribution in [0.5, 0.6) is 0 Å². The topological polar surface area (TPSA) is 62.2 Å². The van der Waals surface area contributed by atoms with Gasteiger partial charge in [0.05, 0.1) is 28.0 Å². The number of aliphatic hydroxyl groups is 1. The zero-order valence-electron chi connectivity index (χ0n) is 15.0. The van der Waals surface area contributed by atoms with E-state index in [0.717, 1.165) is 12.1 Å². The second kappa shape index (κ2) is 8.04. The maximum absolute atomic E-state index is 14.4. The lowest BCUT2D eigenvalue weighted by Crippen LogP contribution is -2.53. The van der Waals surface area contributed by atoms with E-state index >= 15 is 0 Å². The summed E-state index contributed by atoms with van der Waals surface area (Å²) in [6.07, 6.45) is -2.00. The Balaban J connectivity index is 2.73. The highest BCUT2D eigenvalue weighted by atomic mass is 32.2. The van der Waals surface area contributed by atoms with Gasteiger partial charge in [-0.2, -0.15) is 0 Å². The van der Waals surface area contributed by atoms with Gasteiger partial charge < -0.3 is 5.11 Å². The van der Waals surface area contributed by atoms with E-state index in [0.29, 0.717) is 11.6 Å². The minimum Gasteiger partial charge on any atom is -0.392 e. The first kappa shape index (κ1) is 21.5. The van der Waals surface area contributed by atoms with Crippen LogP contribution in [0.4, 0.5) is 17.6 Å². The SMILES string of the molecule is CC(C)(C)[S@](=O)N[C@](c1ccc(F)c(F)c1)(c1ccc(CO)cn1)C(F)F. The predicted molar refractivity (Wildman–Crippen MR) is 94.3 cm³/mol. The predicted octanol–water partition coefficient (Wildman–Crippen LogP) is 3.41. The normalized spacial score (nSPS) is 15.6. The molecule has 1 aromatic carbocycles. The van der Waals surface area contributed by atoms with Gasteiger partial charge in [0, 0.05) is 6.20 Å². The second-order valence-corrected chi connectivity index (χ2v) is 8.90. The van der Waals surface area contributed by atoms with Gasteiger partial charge >= 0.3 is 0 Å². The number of rotatable bonds is 6. The van der Waals surface area contributed by atoms with Crippen molar-refractivity contribution >= 4 is 11.0 Å². The van der Waals surface area contributed by atoms with Gasteiger partial charge in [-0.3, -0.25) is 4.98 Å². The Labute approximate surface area is 157 Å². The van der Waals surface area contributed by atoms with Crippen molar-refractivity contribution in [3.8, 4) is 0 Å². The molecular weight excluding hydrogens is 384 g/mol. The second-order valence-electron chi connectivity index (χ2n) is 6.93. The summed E-state index contributed by atoms with van der Waals surface area (Å²) in [5.41, 5.74) is -2.62. The monoisotopic (exact) mass is 404 g/mol. The minimum atomic E-state index is -3.19. The van der Waals surface area contributed by atoms with Crippen LogP contribution in [0.3, 0.4) is 0 Å². The fraction of sp³-hybridized carbons (Fsp3) is 0.389. The summed E-state index contributed by atoms with van der Waals surface area (Å²) < 4.78 is 70.0. The standard InChI is InChI=1S/C18H20F4N2O2S/c1-17(2,3)27(26)24-18(16(21)22,12-5-6-13(19)14(20)8-12)15-7-4-11(10-25)9-23-15/h4-9,16,24-25H,10H2,1-3H3/t18-,27+/m1/s1. The number of benzene rings is 1. The summed E-state index contributed by atoms with van der Waals surface area (Å²) in [7, 11) is -1.98. The molecule has 9 heteroatoms. The number of pyridine rings is 1. The Bertz CT molecular complexity index is 825. The van der Waals surface area contributed by atoms with E-state index in [1.165, 1.54) is 18.3 Å². The molecule has 0 amide bonds. The molecule has 0 unspecified atom stereocenters. The van der Waals surface area contributed by atoms with Crippen molar-refractivity contribution in [2.45, 2.75) is 44.1 Å². The van der Waals surface area contributed by atoms with E-state index in [-0.39, 0.29) is 17.9 Å². The number of alkyl halides is 2. The van der Waals surface area contributed by atoms with Crippen molar-refractivity contribution in [3.63, 3.8) is 0 Å². The van der Waals surface area contributed by atoms with Crippen molar-refractivity contribution in [1.29, 1.82) is 0 Å². The fourth-order valence-corrected chi connectivity index (χ4v) is 3.24. The maximum atomic E-state index is 14.4. The van der Waals surface area contributed by atoms with E-state index in [1.54, 1.807) is 20.8 Å². The maximum Gasteiger partial charge on any atom is 0.267 e. The van der Waals surface area contributed by atoms with Gasteiger partial charge in [0.15, 0.2) is 17.2 Å². The van der Waals surface area contributed by atoms with Crippen LogP contribution in [0.2, 0.25) is 0 Å². The summed E-state index contributed by atoms with van der Waals surface area (Å²) in [6, 6.07) is 4.97. The van der Waals surface area contributed by atoms with Crippen molar-refractivity contribution < 1.29 is 26.9 Å². The average molecular weight is 404 g/mol. The van der Waals surface area contributed by atoms with Crippen LogP contribution in [0.25, 0.3) is 0 Å². The molecule has 148 valence electrons. The number of hydrogen-bond acceptors (Lipinski definition) is 3. The van der Waals surface area contributed by atoms with E-state index in [2.05, 4.69) is 9.71 Å². The van der Waals surface area contributed by atoms with Crippen molar-refractivity contribution in [2.24, 2.45) is 0 Å². The van der Waals surface area contributed by atoms with Gasteiger partial charge in [0.25, 0.3) is 6.43 Å². The first-order valence-electron chi connectivity index (χ1n) is 8.02. The van der Waals surface area contributed by atoms with Gasteiger partial charge in [0.1, 0.15) is 0 Å². The van der Waals surface area contributed by atoms with Crippen LogP contribution >= 0.6 is 0 Å². The molecule has 0 fully saturated rings. The first-order chi connectivity index (χ1) is 12.5. The molecule has 0 aliphatic rings. The summed E-state index contributed by atoms with van der Waals surface area (Å²) in [5, 5.41) is 9.13. The summed E-state index contributed by atoms with van der Waals surface area (Å²) in [4.78, 5) is 3.95. The highest BCUT2D eigenvalue weighted by Crippen LogP contribution is 2.37. The molecule has 0 bridgehead atoms. The molecule has 27 heavy (non-hydrogen) atoms.